The second-order valence-corrected chi connectivity index (χ2v) is 8.19. The van der Waals surface area contributed by atoms with Gasteiger partial charge < -0.3 is 10.6 Å². The highest BCUT2D eigenvalue weighted by Gasteiger charge is 2.19. The lowest BCUT2D eigenvalue weighted by atomic mass is 9.87. The molecular weight excluding hydrogens is 300 g/mol. The van der Waals surface area contributed by atoms with Crippen LogP contribution in [0.25, 0.3) is 0 Å². The van der Waals surface area contributed by atoms with Gasteiger partial charge in [0.15, 0.2) is 9.84 Å². The van der Waals surface area contributed by atoms with Crippen LogP contribution >= 0.6 is 0 Å². The summed E-state index contributed by atoms with van der Waals surface area (Å²) >= 11 is 0. The van der Waals surface area contributed by atoms with Gasteiger partial charge in [0.2, 0.25) is 5.91 Å². The third-order valence-electron chi connectivity index (χ3n) is 4.10. The molecule has 0 saturated heterocycles. The fourth-order valence-corrected chi connectivity index (χ4v) is 3.37. The van der Waals surface area contributed by atoms with Gasteiger partial charge in [0.25, 0.3) is 0 Å². The third kappa shape index (κ3) is 5.02. The Bertz CT molecular complexity index is 620. The summed E-state index contributed by atoms with van der Waals surface area (Å²) in [5.74, 6) is 0.703. The third-order valence-corrected chi connectivity index (χ3v) is 5.21. The predicted octanol–water partition coefficient (Wildman–Crippen LogP) is 2.20. The van der Waals surface area contributed by atoms with Crippen molar-refractivity contribution < 1.29 is 13.2 Å². The first-order valence-corrected chi connectivity index (χ1v) is 9.57. The lowest BCUT2D eigenvalue weighted by Gasteiger charge is -2.27. The second kappa shape index (κ2) is 7.13. The molecule has 2 rings (SSSR count). The SMILES string of the molecule is CC1CCC(NC(=O)CNc2cccc(S(C)(=O)=O)c2)CC1. The number of anilines is 1. The molecule has 0 aromatic heterocycles. The van der Waals surface area contributed by atoms with Crippen LogP contribution in [0.5, 0.6) is 0 Å². The smallest absolute Gasteiger partial charge is 0.239 e. The molecule has 1 amide bonds. The van der Waals surface area contributed by atoms with Crippen molar-refractivity contribution in [3.63, 3.8) is 0 Å². The van der Waals surface area contributed by atoms with Crippen LogP contribution in [0.1, 0.15) is 32.6 Å². The number of nitrogens with one attached hydrogen (secondary N) is 2. The molecule has 0 bridgehead atoms. The minimum Gasteiger partial charge on any atom is -0.376 e. The van der Waals surface area contributed by atoms with Crippen molar-refractivity contribution in [2.24, 2.45) is 5.92 Å². The molecule has 1 saturated carbocycles. The normalized spacial score (nSPS) is 22.1. The molecule has 1 aliphatic rings. The Morgan fingerprint density at radius 1 is 1.23 bits per heavy atom. The average molecular weight is 324 g/mol. The lowest BCUT2D eigenvalue weighted by Crippen LogP contribution is -2.40. The summed E-state index contributed by atoms with van der Waals surface area (Å²) in [6, 6.07) is 6.78. The Morgan fingerprint density at radius 3 is 2.55 bits per heavy atom. The van der Waals surface area contributed by atoms with Crippen molar-refractivity contribution in [2.45, 2.75) is 43.5 Å². The molecule has 5 nitrogen and oxygen atoms in total. The highest BCUT2D eigenvalue weighted by molar-refractivity contribution is 7.90. The Hall–Kier alpha value is -1.56. The van der Waals surface area contributed by atoms with Gasteiger partial charge in [-0.1, -0.05) is 13.0 Å². The first kappa shape index (κ1) is 16.8. The summed E-state index contributed by atoms with van der Waals surface area (Å²) in [6.45, 7) is 2.40. The molecule has 6 heteroatoms. The lowest BCUT2D eigenvalue weighted by molar-refractivity contribution is -0.120. The van der Waals surface area contributed by atoms with E-state index in [-0.39, 0.29) is 23.4 Å². The molecule has 0 atom stereocenters. The number of hydrogen-bond acceptors (Lipinski definition) is 4. The van der Waals surface area contributed by atoms with E-state index < -0.39 is 9.84 Å². The van der Waals surface area contributed by atoms with Gasteiger partial charge in [-0.2, -0.15) is 0 Å². The van der Waals surface area contributed by atoms with Gasteiger partial charge in [-0.25, -0.2) is 8.42 Å². The monoisotopic (exact) mass is 324 g/mol. The predicted molar refractivity (Wildman–Crippen MR) is 87.6 cm³/mol. The zero-order valence-electron chi connectivity index (χ0n) is 13.1. The van der Waals surface area contributed by atoms with Crippen molar-refractivity contribution in [1.82, 2.24) is 5.32 Å². The Labute approximate surface area is 132 Å². The standard InChI is InChI=1S/C16H24N2O3S/c1-12-6-8-13(9-7-12)18-16(19)11-17-14-4-3-5-15(10-14)22(2,20)21/h3-5,10,12-13,17H,6-9,11H2,1-2H3,(H,18,19). The van der Waals surface area contributed by atoms with Crippen molar-refractivity contribution in [3.05, 3.63) is 24.3 Å². The van der Waals surface area contributed by atoms with Crippen LogP contribution in [0.2, 0.25) is 0 Å². The van der Waals surface area contributed by atoms with Gasteiger partial charge in [0.05, 0.1) is 11.4 Å². The van der Waals surface area contributed by atoms with Crippen LogP contribution < -0.4 is 10.6 Å². The fraction of sp³-hybridized carbons (Fsp3) is 0.562. The number of benzene rings is 1. The summed E-state index contributed by atoms with van der Waals surface area (Å²) < 4.78 is 23.0. The summed E-state index contributed by atoms with van der Waals surface area (Å²) in [5.41, 5.74) is 0.635. The van der Waals surface area contributed by atoms with E-state index in [4.69, 9.17) is 0 Å². The van der Waals surface area contributed by atoms with Gasteiger partial charge in [0, 0.05) is 18.0 Å². The van der Waals surface area contributed by atoms with Gasteiger partial charge in [-0.3, -0.25) is 4.79 Å². The molecule has 0 radical (unpaired) electrons. The van der Waals surface area contributed by atoms with Gasteiger partial charge in [0.1, 0.15) is 0 Å². The number of carbonyl (C=O) groups is 1. The molecule has 22 heavy (non-hydrogen) atoms. The zero-order valence-corrected chi connectivity index (χ0v) is 13.9. The molecule has 0 spiro atoms. The summed E-state index contributed by atoms with van der Waals surface area (Å²) in [6.07, 6.45) is 5.57. The van der Waals surface area contributed by atoms with Crippen LogP contribution in [0.4, 0.5) is 5.69 Å². The Kier molecular flexibility index (Phi) is 5.45. The quantitative estimate of drug-likeness (QED) is 0.870. The molecule has 1 fully saturated rings. The fourth-order valence-electron chi connectivity index (χ4n) is 2.70. The van der Waals surface area contributed by atoms with E-state index in [0.29, 0.717) is 5.69 Å². The van der Waals surface area contributed by atoms with E-state index in [2.05, 4.69) is 17.6 Å². The molecule has 0 unspecified atom stereocenters. The first-order valence-electron chi connectivity index (χ1n) is 7.68. The van der Waals surface area contributed by atoms with Crippen LogP contribution in [0.3, 0.4) is 0 Å². The number of rotatable bonds is 5. The topological polar surface area (TPSA) is 75.3 Å². The minimum atomic E-state index is -3.23. The second-order valence-electron chi connectivity index (χ2n) is 6.18. The number of amides is 1. The Morgan fingerprint density at radius 2 is 1.91 bits per heavy atom. The van der Waals surface area contributed by atoms with Gasteiger partial charge in [-0.15, -0.1) is 0 Å². The highest BCUT2D eigenvalue weighted by atomic mass is 32.2. The molecule has 122 valence electrons. The first-order chi connectivity index (χ1) is 10.3. The van der Waals surface area contributed by atoms with Crippen molar-refractivity contribution in [2.75, 3.05) is 18.1 Å². The summed E-state index contributed by atoms with van der Waals surface area (Å²) in [7, 11) is -3.23. The zero-order chi connectivity index (χ0) is 16.2. The molecule has 0 heterocycles. The van der Waals surface area contributed by atoms with E-state index in [1.807, 2.05) is 0 Å². The summed E-state index contributed by atoms with van der Waals surface area (Å²) in [5, 5.41) is 6.01. The molecular formula is C16H24N2O3S. The maximum absolute atomic E-state index is 12.0. The summed E-state index contributed by atoms with van der Waals surface area (Å²) in [4.78, 5) is 12.2. The van der Waals surface area contributed by atoms with Crippen LogP contribution in [0.15, 0.2) is 29.2 Å². The van der Waals surface area contributed by atoms with Crippen molar-refractivity contribution in [1.29, 1.82) is 0 Å². The Balaban J connectivity index is 1.84. The van der Waals surface area contributed by atoms with E-state index in [1.165, 1.54) is 6.26 Å². The minimum absolute atomic E-state index is 0.0516. The molecule has 2 N–H and O–H groups in total. The van der Waals surface area contributed by atoms with Crippen molar-refractivity contribution in [3.8, 4) is 0 Å². The van der Waals surface area contributed by atoms with Crippen molar-refractivity contribution >= 4 is 21.4 Å². The van der Waals surface area contributed by atoms with E-state index in [0.717, 1.165) is 31.6 Å². The average Bonchev–Trinajstić information content (AvgIpc) is 2.47. The number of sulfone groups is 1. The number of hydrogen-bond donors (Lipinski definition) is 2. The maximum Gasteiger partial charge on any atom is 0.239 e. The highest BCUT2D eigenvalue weighted by Crippen LogP contribution is 2.23. The van der Waals surface area contributed by atoms with Gasteiger partial charge in [-0.05, 0) is 49.8 Å². The molecule has 1 aromatic carbocycles. The largest absolute Gasteiger partial charge is 0.376 e. The number of carbonyl (C=O) groups excluding carboxylic acids is 1. The maximum atomic E-state index is 12.0. The van der Waals surface area contributed by atoms with E-state index >= 15 is 0 Å². The van der Waals surface area contributed by atoms with Crippen LogP contribution in [0, 0.1) is 5.92 Å². The van der Waals surface area contributed by atoms with E-state index in [1.54, 1.807) is 24.3 Å². The van der Waals surface area contributed by atoms with Crippen LogP contribution in [-0.2, 0) is 14.6 Å². The van der Waals surface area contributed by atoms with E-state index in [9.17, 15) is 13.2 Å². The van der Waals surface area contributed by atoms with Gasteiger partial charge >= 0.3 is 0 Å². The van der Waals surface area contributed by atoms with Crippen LogP contribution in [-0.4, -0.2) is 33.2 Å². The molecule has 1 aliphatic carbocycles. The molecule has 1 aromatic rings. The molecule has 0 aliphatic heterocycles.